The van der Waals surface area contributed by atoms with Crippen LogP contribution in [0.25, 0.3) is 0 Å². The maximum Gasteiger partial charge on any atom is 0.120 e. The van der Waals surface area contributed by atoms with Crippen LogP contribution in [-0.4, -0.2) is 20.1 Å². The zero-order valence-corrected chi connectivity index (χ0v) is 13.6. The highest BCUT2D eigenvalue weighted by Crippen LogP contribution is 2.15. The van der Waals surface area contributed by atoms with Crippen LogP contribution in [0.3, 0.4) is 0 Å². The number of hydrogen-bond acceptors (Lipinski definition) is 3. The third-order valence-corrected chi connectivity index (χ3v) is 3.50. The van der Waals surface area contributed by atoms with Gasteiger partial charge in [-0.25, -0.2) is 0 Å². The fourth-order valence-electron chi connectivity index (χ4n) is 2.34. The smallest absolute Gasteiger partial charge is 0.120 e. The van der Waals surface area contributed by atoms with Crippen LogP contribution in [0, 0.1) is 6.92 Å². The molecule has 0 radical (unpaired) electrons. The van der Waals surface area contributed by atoms with Crippen molar-refractivity contribution in [1.29, 1.82) is 0 Å². The molecule has 0 saturated heterocycles. The molecule has 3 nitrogen and oxygen atoms in total. The number of nitrogens with one attached hydrogen (secondary N) is 2. The van der Waals surface area contributed by atoms with Crippen molar-refractivity contribution < 1.29 is 4.74 Å². The fraction of sp³-hybridized carbons (Fsp3) is 0.368. The minimum Gasteiger partial charge on any atom is -0.489 e. The van der Waals surface area contributed by atoms with Crippen LogP contribution in [0.2, 0.25) is 0 Å². The SMILES string of the molecule is CNCCCNCc1cccc(OCc2cccc(C)c2)c1. The molecule has 0 amide bonds. The highest BCUT2D eigenvalue weighted by atomic mass is 16.5. The first-order chi connectivity index (χ1) is 10.8. The van der Waals surface area contributed by atoms with Gasteiger partial charge in [-0.15, -0.1) is 0 Å². The molecule has 0 bridgehead atoms. The quantitative estimate of drug-likeness (QED) is 0.697. The van der Waals surface area contributed by atoms with Crippen molar-refractivity contribution in [2.24, 2.45) is 0 Å². The molecule has 2 N–H and O–H groups in total. The van der Waals surface area contributed by atoms with Crippen molar-refractivity contribution in [3.63, 3.8) is 0 Å². The largest absolute Gasteiger partial charge is 0.489 e. The second-order valence-corrected chi connectivity index (χ2v) is 5.56. The molecule has 0 aliphatic heterocycles. The molecule has 0 heterocycles. The Hall–Kier alpha value is -1.84. The molecule has 118 valence electrons. The van der Waals surface area contributed by atoms with Crippen LogP contribution in [0.4, 0.5) is 0 Å². The predicted molar refractivity (Wildman–Crippen MR) is 92.2 cm³/mol. The van der Waals surface area contributed by atoms with E-state index in [0.717, 1.165) is 31.8 Å². The lowest BCUT2D eigenvalue weighted by atomic mass is 10.1. The lowest BCUT2D eigenvalue weighted by Crippen LogP contribution is -2.19. The molecule has 2 aromatic carbocycles. The first kappa shape index (κ1) is 16.5. The molecule has 0 aliphatic carbocycles. The van der Waals surface area contributed by atoms with E-state index < -0.39 is 0 Å². The Bertz CT molecular complexity index is 569. The maximum atomic E-state index is 5.89. The van der Waals surface area contributed by atoms with E-state index in [2.05, 4.69) is 60.0 Å². The van der Waals surface area contributed by atoms with Gasteiger partial charge in [-0.2, -0.15) is 0 Å². The van der Waals surface area contributed by atoms with Gasteiger partial charge >= 0.3 is 0 Å². The van der Waals surface area contributed by atoms with Gasteiger partial charge in [0.15, 0.2) is 0 Å². The monoisotopic (exact) mass is 298 g/mol. The number of rotatable bonds is 9. The molecule has 0 atom stereocenters. The molecule has 2 aromatic rings. The molecule has 0 fully saturated rings. The third-order valence-electron chi connectivity index (χ3n) is 3.50. The summed E-state index contributed by atoms with van der Waals surface area (Å²) in [6.07, 6.45) is 1.14. The Labute approximate surface area is 133 Å². The standard InChI is InChI=1S/C19H26N2O/c1-16-6-3-8-18(12-16)15-22-19-9-4-7-17(13-19)14-21-11-5-10-20-2/h3-4,6-9,12-13,20-21H,5,10-11,14-15H2,1-2H3. The van der Waals surface area contributed by atoms with E-state index in [-0.39, 0.29) is 0 Å². The summed E-state index contributed by atoms with van der Waals surface area (Å²) in [7, 11) is 1.98. The molecular formula is C19H26N2O. The van der Waals surface area contributed by atoms with E-state index in [4.69, 9.17) is 4.74 Å². The molecule has 3 heteroatoms. The summed E-state index contributed by atoms with van der Waals surface area (Å²) in [6.45, 7) is 5.66. The average molecular weight is 298 g/mol. The first-order valence-corrected chi connectivity index (χ1v) is 7.90. The van der Waals surface area contributed by atoms with Crippen molar-refractivity contribution in [3.8, 4) is 5.75 Å². The topological polar surface area (TPSA) is 33.3 Å². The van der Waals surface area contributed by atoms with Gasteiger partial charge in [-0.05, 0) is 56.7 Å². The normalized spacial score (nSPS) is 10.6. The Balaban J connectivity index is 1.80. The fourth-order valence-corrected chi connectivity index (χ4v) is 2.34. The zero-order valence-electron chi connectivity index (χ0n) is 13.6. The van der Waals surface area contributed by atoms with Gasteiger partial charge in [0.25, 0.3) is 0 Å². The minimum atomic E-state index is 0.612. The number of hydrogen-bond donors (Lipinski definition) is 2. The van der Waals surface area contributed by atoms with Gasteiger partial charge in [-0.3, -0.25) is 0 Å². The van der Waals surface area contributed by atoms with Gasteiger partial charge in [-0.1, -0.05) is 42.0 Å². The van der Waals surface area contributed by atoms with Crippen molar-refractivity contribution in [2.45, 2.75) is 26.5 Å². The Kier molecular flexibility index (Phi) is 6.94. The van der Waals surface area contributed by atoms with Gasteiger partial charge in [0.2, 0.25) is 0 Å². The molecule has 0 unspecified atom stereocenters. The summed E-state index contributed by atoms with van der Waals surface area (Å²) >= 11 is 0. The maximum absolute atomic E-state index is 5.89. The highest BCUT2D eigenvalue weighted by molar-refractivity contribution is 5.29. The predicted octanol–water partition coefficient (Wildman–Crippen LogP) is 3.27. The van der Waals surface area contributed by atoms with Crippen LogP contribution in [0.5, 0.6) is 5.75 Å². The lowest BCUT2D eigenvalue weighted by Gasteiger charge is -2.09. The van der Waals surface area contributed by atoms with E-state index in [0.29, 0.717) is 6.61 Å². The van der Waals surface area contributed by atoms with Crippen molar-refractivity contribution in [1.82, 2.24) is 10.6 Å². The molecular weight excluding hydrogens is 272 g/mol. The van der Waals surface area contributed by atoms with Gasteiger partial charge in [0, 0.05) is 6.54 Å². The van der Waals surface area contributed by atoms with Crippen molar-refractivity contribution in [2.75, 3.05) is 20.1 Å². The van der Waals surface area contributed by atoms with Crippen LogP contribution >= 0.6 is 0 Å². The minimum absolute atomic E-state index is 0.612. The molecule has 2 rings (SSSR count). The van der Waals surface area contributed by atoms with Crippen molar-refractivity contribution >= 4 is 0 Å². The summed E-state index contributed by atoms with van der Waals surface area (Å²) in [6, 6.07) is 16.7. The summed E-state index contributed by atoms with van der Waals surface area (Å²) < 4.78 is 5.89. The van der Waals surface area contributed by atoms with Crippen LogP contribution in [-0.2, 0) is 13.2 Å². The third kappa shape index (κ3) is 5.88. The van der Waals surface area contributed by atoms with Gasteiger partial charge in [0.1, 0.15) is 12.4 Å². The number of ether oxygens (including phenoxy) is 1. The Morgan fingerprint density at radius 2 is 1.77 bits per heavy atom. The van der Waals surface area contributed by atoms with E-state index in [1.165, 1.54) is 16.7 Å². The Morgan fingerprint density at radius 3 is 2.59 bits per heavy atom. The van der Waals surface area contributed by atoms with Gasteiger partial charge < -0.3 is 15.4 Å². The first-order valence-electron chi connectivity index (χ1n) is 7.90. The summed E-state index contributed by atoms with van der Waals surface area (Å²) in [5.41, 5.74) is 3.72. The summed E-state index contributed by atoms with van der Waals surface area (Å²) in [5, 5.41) is 6.60. The average Bonchev–Trinajstić information content (AvgIpc) is 2.53. The molecule has 0 saturated carbocycles. The van der Waals surface area contributed by atoms with E-state index in [1.807, 2.05) is 13.1 Å². The summed E-state index contributed by atoms with van der Waals surface area (Å²) in [4.78, 5) is 0. The summed E-state index contributed by atoms with van der Waals surface area (Å²) in [5.74, 6) is 0.927. The van der Waals surface area contributed by atoms with Crippen LogP contribution in [0.1, 0.15) is 23.1 Å². The van der Waals surface area contributed by atoms with E-state index in [1.54, 1.807) is 0 Å². The molecule has 0 spiro atoms. The van der Waals surface area contributed by atoms with E-state index >= 15 is 0 Å². The number of aryl methyl sites for hydroxylation is 1. The van der Waals surface area contributed by atoms with Gasteiger partial charge in [0.05, 0.1) is 0 Å². The number of benzene rings is 2. The molecule has 22 heavy (non-hydrogen) atoms. The molecule has 0 aliphatic rings. The van der Waals surface area contributed by atoms with Crippen LogP contribution in [0.15, 0.2) is 48.5 Å². The van der Waals surface area contributed by atoms with E-state index in [9.17, 15) is 0 Å². The zero-order chi connectivity index (χ0) is 15.6. The second-order valence-electron chi connectivity index (χ2n) is 5.56. The lowest BCUT2D eigenvalue weighted by molar-refractivity contribution is 0.306. The molecule has 0 aromatic heterocycles. The van der Waals surface area contributed by atoms with Crippen LogP contribution < -0.4 is 15.4 Å². The highest BCUT2D eigenvalue weighted by Gasteiger charge is 1.99. The van der Waals surface area contributed by atoms with Crippen molar-refractivity contribution in [3.05, 3.63) is 65.2 Å². The Morgan fingerprint density at radius 1 is 0.955 bits per heavy atom. The second kappa shape index (κ2) is 9.23.